The van der Waals surface area contributed by atoms with Crippen molar-refractivity contribution in [2.24, 2.45) is 5.14 Å². The van der Waals surface area contributed by atoms with Crippen molar-refractivity contribution in [3.05, 3.63) is 48.8 Å². The summed E-state index contributed by atoms with van der Waals surface area (Å²) in [4.78, 5) is 14.0. The Morgan fingerprint density at radius 3 is 2.17 bits per heavy atom. The minimum atomic E-state index is -3.73. The topological polar surface area (TPSA) is 96.4 Å². The molecule has 122 valence electrons. The minimum Gasteiger partial charge on any atom is -0.377 e. The van der Waals surface area contributed by atoms with Gasteiger partial charge in [-0.25, -0.2) is 13.6 Å². The number of benzene rings is 1. The van der Waals surface area contributed by atoms with E-state index in [-0.39, 0.29) is 17.3 Å². The average molecular weight is 335 g/mol. The molecule has 0 saturated heterocycles. The van der Waals surface area contributed by atoms with Crippen molar-refractivity contribution in [3.8, 4) is 0 Å². The molecule has 1 aromatic carbocycles. The summed E-state index contributed by atoms with van der Waals surface area (Å²) >= 11 is 0. The van der Waals surface area contributed by atoms with Crippen LogP contribution in [0.1, 0.15) is 0 Å². The number of sulfonamides is 1. The van der Waals surface area contributed by atoms with Gasteiger partial charge in [-0.3, -0.25) is 4.79 Å². The first-order valence-electron chi connectivity index (χ1n) is 6.85. The van der Waals surface area contributed by atoms with Crippen LogP contribution in [0.2, 0.25) is 0 Å². The van der Waals surface area contributed by atoms with Gasteiger partial charge < -0.3 is 10.2 Å². The van der Waals surface area contributed by atoms with E-state index < -0.39 is 10.0 Å². The summed E-state index contributed by atoms with van der Waals surface area (Å²) in [6.07, 6.45) is 3.64. The molecule has 0 saturated carbocycles. The molecule has 0 unspecified atom stereocenters. The van der Waals surface area contributed by atoms with Crippen LogP contribution in [0.15, 0.2) is 53.7 Å². The van der Waals surface area contributed by atoms with Crippen molar-refractivity contribution in [2.75, 3.05) is 24.3 Å². The van der Waals surface area contributed by atoms with Gasteiger partial charge >= 0.3 is 0 Å². The summed E-state index contributed by atoms with van der Waals surface area (Å²) < 4.78 is 24.1. The van der Waals surface area contributed by atoms with Crippen molar-refractivity contribution >= 4 is 27.3 Å². The minimum absolute atomic E-state index is 0.00384. The molecule has 7 nitrogen and oxygen atoms in total. The summed E-state index contributed by atoms with van der Waals surface area (Å²) in [5.41, 5.74) is 1.55. The Morgan fingerprint density at radius 2 is 1.70 bits per heavy atom. The molecule has 0 aliphatic heterocycles. The Morgan fingerprint density at radius 1 is 1.13 bits per heavy atom. The van der Waals surface area contributed by atoms with Gasteiger partial charge in [0.1, 0.15) is 0 Å². The van der Waals surface area contributed by atoms with Crippen LogP contribution >= 0.6 is 0 Å². The Bertz CT molecular complexity index is 784. The molecule has 2 rings (SSSR count). The lowest BCUT2D eigenvalue weighted by Gasteiger charge is -2.10. The number of hydrogen-bond acceptors (Lipinski definition) is 4. The van der Waals surface area contributed by atoms with Gasteiger partial charge in [-0.1, -0.05) is 0 Å². The van der Waals surface area contributed by atoms with E-state index in [4.69, 9.17) is 5.14 Å². The van der Waals surface area contributed by atoms with E-state index in [1.807, 2.05) is 43.5 Å². The second-order valence-electron chi connectivity index (χ2n) is 5.24. The van der Waals surface area contributed by atoms with Crippen LogP contribution in [0.3, 0.4) is 0 Å². The zero-order valence-electron chi connectivity index (χ0n) is 12.9. The quantitative estimate of drug-likeness (QED) is 0.770. The van der Waals surface area contributed by atoms with Crippen LogP contribution in [0.4, 0.5) is 11.4 Å². The number of hydrogen-bond donors (Lipinski definition) is 2. The lowest BCUT2D eigenvalue weighted by molar-refractivity contribution is -0.684. The monoisotopic (exact) mass is 335 g/mol. The number of nitrogens with zero attached hydrogens (tertiary/aromatic N) is 2. The van der Waals surface area contributed by atoms with Gasteiger partial charge in [-0.05, 0) is 24.3 Å². The van der Waals surface area contributed by atoms with E-state index in [9.17, 15) is 13.2 Å². The van der Waals surface area contributed by atoms with Crippen molar-refractivity contribution in [1.29, 1.82) is 0 Å². The van der Waals surface area contributed by atoms with E-state index in [2.05, 4.69) is 5.32 Å². The largest absolute Gasteiger partial charge is 0.377 e. The third-order valence-electron chi connectivity index (χ3n) is 3.18. The molecule has 1 heterocycles. The number of nitrogens with two attached hydrogens (primary N) is 1. The number of pyridine rings is 1. The summed E-state index contributed by atoms with van der Waals surface area (Å²) in [5.74, 6) is -0.212. The average Bonchev–Trinajstić information content (AvgIpc) is 2.47. The molecule has 0 aliphatic rings. The molecule has 0 radical (unpaired) electrons. The van der Waals surface area contributed by atoms with E-state index >= 15 is 0 Å². The highest BCUT2D eigenvalue weighted by atomic mass is 32.2. The maximum absolute atomic E-state index is 12.0. The Hall–Kier alpha value is -2.45. The van der Waals surface area contributed by atoms with Gasteiger partial charge in [0.2, 0.25) is 16.6 Å². The highest BCUT2D eigenvalue weighted by Crippen LogP contribution is 2.12. The third kappa shape index (κ3) is 4.76. The predicted octanol–water partition coefficient (Wildman–Crippen LogP) is 0.326. The summed E-state index contributed by atoms with van der Waals surface area (Å²) in [6.45, 7) is 0.157. The van der Waals surface area contributed by atoms with Crippen LogP contribution in [-0.4, -0.2) is 28.4 Å². The Kier molecular flexibility index (Phi) is 4.97. The molecule has 8 heteroatoms. The molecule has 3 N–H and O–H groups in total. The zero-order chi connectivity index (χ0) is 17.0. The summed E-state index contributed by atoms with van der Waals surface area (Å²) in [5, 5.41) is 7.72. The van der Waals surface area contributed by atoms with Crippen LogP contribution in [0.5, 0.6) is 0 Å². The molecule has 1 amide bonds. The standard InChI is InChI=1S/C15H18N4O3S/c1-18(2)13-7-9-19(10-8-13)11-15(20)17-12-3-5-14(6-4-12)23(16,21)22/h3-10H,11H2,1-2H3,(H2-,16,17,20,21,22)/p+1. The first-order valence-corrected chi connectivity index (χ1v) is 8.39. The molecule has 2 aromatic rings. The SMILES string of the molecule is CN(C)c1cc[n+](CC(=O)Nc2ccc(S(N)(=O)=O)cc2)cc1. The van der Waals surface area contributed by atoms with E-state index in [0.717, 1.165) is 5.69 Å². The van der Waals surface area contributed by atoms with Crippen LogP contribution < -0.4 is 19.9 Å². The molecule has 0 spiro atoms. The lowest BCUT2D eigenvalue weighted by Crippen LogP contribution is -2.39. The van der Waals surface area contributed by atoms with Crippen molar-refractivity contribution < 1.29 is 17.8 Å². The highest BCUT2D eigenvalue weighted by Gasteiger charge is 2.11. The normalized spacial score (nSPS) is 11.1. The first kappa shape index (κ1) is 16.9. The molecule has 0 aliphatic carbocycles. The molecule has 0 bridgehead atoms. The number of carbonyl (C=O) groups is 1. The second-order valence-corrected chi connectivity index (χ2v) is 6.80. The van der Waals surface area contributed by atoms with E-state index in [1.54, 1.807) is 4.57 Å². The third-order valence-corrected chi connectivity index (χ3v) is 4.11. The zero-order valence-corrected chi connectivity index (χ0v) is 13.7. The molecule has 0 atom stereocenters. The number of amides is 1. The Balaban J connectivity index is 1.99. The number of anilines is 2. The maximum Gasteiger partial charge on any atom is 0.290 e. The van der Waals surface area contributed by atoms with Gasteiger partial charge in [0.25, 0.3) is 5.91 Å². The van der Waals surface area contributed by atoms with Gasteiger partial charge in [0.15, 0.2) is 12.4 Å². The number of primary sulfonamides is 1. The van der Waals surface area contributed by atoms with Crippen molar-refractivity contribution in [3.63, 3.8) is 0 Å². The van der Waals surface area contributed by atoms with Crippen LogP contribution in [0.25, 0.3) is 0 Å². The molecule has 1 aromatic heterocycles. The first-order chi connectivity index (χ1) is 10.8. The number of aromatic nitrogens is 1. The smallest absolute Gasteiger partial charge is 0.290 e. The summed E-state index contributed by atoms with van der Waals surface area (Å²) in [6, 6.07) is 9.52. The number of carbonyl (C=O) groups excluding carboxylic acids is 1. The predicted molar refractivity (Wildman–Crippen MR) is 87.4 cm³/mol. The molecular weight excluding hydrogens is 316 g/mol. The molecule has 23 heavy (non-hydrogen) atoms. The van der Waals surface area contributed by atoms with Crippen LogP contribution in [-0.2, 0) is 21.4 Å². The fraction of sp³-hybridized carbons (Fsp3) is 0.200. The fourth-order valence-electron chi connectivity index (χ4n) is 1.95. The van der Waals surface area contributed by atoms with Crippen molar-refractivity contribution in [1.82, 2.24) is 0 Å². The number of rotatable bonds is 5. The van der Waals surface area contributed by atoms with Gasteiger partial charge in [0.05, 0.1) is 4.90 Å². The fourth-order valence-corrected chi connectivity index (χ4v) is 2.46. The molecule has 0 fully saturated rings. The molecular formula is C15H19N4O3S+. The lowest BCUT2D eigenvalue weighted by atomic mass is 10.3. The summed E-state index contributed by atoms with van der Waals surface area (Å²) in [7, 11) is 0.156. The van der Waals surface area contributed by atoms with Gasteiger partial charge in [-0.2, -0.15) is 4.57 Å². The van der Waals surface area contributed by atoms with Gasteiger partial charge in [0, 0.05) is 37.6 Å². The van der Waals surface area contributed by atoms with Crippen LogP contribution in [0, 0.1) is 0 Å². The van der Waals surface area contributed by atoms with E-state index in [0.29, 0.717) is 5.69 Å². The van der Waals surface area contributed by atoms with E-state index in [1.165, 1.54) is 24.3 Å². The van der Waals surface area contributed by atoms with Gasteiger partial charge in [-0.15, -0.1) is 0 Å². The highest BCUT2D eigenvalue weighted by molar-refractivity contribution is 7.89. The van der Waals surface area contributed by atoms with Crippen molar-refractivity contribution in [2.45, 2.75) is 11.4 Å². The number of nitrogens with one attached hydrogen (secondary N) is 1. The second kappa shape index (κ2) is 6.76. The Labute approximate surface area is 135 Å². The maximum atomic E-state index is 12.0.